The van der Waals surface area contributed by atoms with Crippen LogP contribution in [0.25, 0.3) is 0 Å². The third kappa shape index (κ3) is 4.20. The highest BCUT2D eigenvalue weighted by Gasteiger charge is 2.40. The van der Waals surface area contributed by atoms with Crippen LogP contribution in [0.5, 0.6) is 0 Å². The summed E-state index contributed by atoms with van der Waals surface area (Å²) in [7, 11) is 0. The first-order chi connectivity index (χ1) is 10.1. The predicted octanol–water partition coefficient (Wildman–Crippen LogP) is 3.69. The lowest BCUT2D eigenvalue weighted by Gasteiger charge is -2.48. The minimum Gasteiger partial charge on any atom is -0.297 e. The van der Waals surface area contributed by atoms with Gasteiger partial charge in [0.25, 0.3) is 0 Å². The van der Waals surface area contributed by atoms with E-state index < -0.39 is 0 Å². The van der Waals surface area contributed by atoms with Gasteiger partial charge in [0.15, 0.2) is 0 Å². The molecule has 21 heavy (non-hydrogen) atoms. The van der Waals surface area contributed by atoms with Crippen molar-refractivity contribution in [3.05, 3.63) is 0 Å². The Morgan fingerprint density at radius 1 is 1.05 bits per heavy atom. The fraction of sp³-hybridized carbons (Fsp3) is 1.00. The highest BCUT2D eigenvalue weighted by molar-refractivity contribution is 4.98. The third-order valence-electron chi connectivity index (χ3n) is 6.30. The Labute approximate surface area is 132 Å². The summed E-state index contributed by atoms with van der Waals surface area (Å²) < 4.78 is 0. The van der Waals surface area contributed by atoms with Crippen LogP contribution in [0.15, 0.2) is 0 Å². The zero-order valence-corrected chi connectivity index (χ0v) is 14.5. The van der Waals surface area contributed by atoms with Gasteiger partial charge in [-0.25, -0.2) is 0 Å². The third-order valence-corrected chi connectivity index (χ3v) is 6.30. The van der Waals surface area contributed by atoms with E-state index in [0.717, 1.165) is 11.8 Å². The molecule has 0 aromatic rings. The SMILES string of the molecule is CCC1CCC(C(NN)C(C)(C)N2CCCCCC2)CC1. The second-order valence-electron chi connectivity index (χ2n) is 7.89. The zero-order chi connectivity index (χ0) is 15.3. The van der Waals surface area contributed by atoms with Crippen LogP contribution in [0.2, 0.25) is 0 Å². The van der Waals surface area contributed by atoms with Crippen molar-refractivity contribution < 1.29 is 0 Å². The second kappa shape index (κ2) is 7.94. The molecular formula is C18H37N3. The van der Waals surface area contributed by atoms with E-state index in [0.29, 0.717) is 6.04 Å². The van der Waals surface area contributed by atoms with Crippen LogP contribution in [0.4, 0.5) is 0 Å². The van der Waals surface area contributed by atoms with E-state index in [1.54, 1.807) is 0 Å². The van der Waals surface area contributed by atoms with Crippen molar-refractivity contribution >= 4 is 0 Å². The molecule has 1 aliphatic carbocycles. The normalized spacial score (nSPS) is 30.9. The Balaban J connectivity index is 2.00. The molecular weight excluding hydrogens is 258 g/mol. The molecule has 3 heteroatoms. The summed E-state index contributed by atoms with van der Waals surface area (Å²) in [6.07, 6.45) is 12.3. The van der Waals surface area contributed by atoms with Gasteiger partial charge in [0.2, 0.25) is 0 Å². The molecule has 124 valence electrons. The second-order valence-corrected chi connectivity index (χ2v) is 7.89. The summed E-state index contributed by atoms with van der Waals surface area (Å²) in [5.74, 6) is 7.73. The molecule has 0 radical (unpaired) electrons. The molecule has 0 aromatic heterocycles. The lowest BCUT2D eigenvalue weighted by Crippen LogP contribution is -2.62. The molecule has 1 unspecified atom stereocenters. The highest BCUT2D eigenvalue weighted by Crippen LogP contribution is 2.37. The number of nitrogens with zero attached hydrogens (tertiary/aromatic N) is 1. The maximum atomic E-state index is 6.03. The van der Waals surface area contributed by atoms with Gasteiger partial charge in [0.1, 0.15) is 0 Å². The smallest absolute Gasteiger partial charge is 0.0417 e. The molecule has 2 aliphatic rings. The number of hydrogen-bond donors (Lipinski definition) is 2. The van der Waals surface area contributed by atoms with Crippen molar-refractivity contribution in [1.82, 2.24) is 10.3 Å². The highest BCUT2D eigenvalue weighted by atomic mass is 15.3. The van der Waals surface area contributed by atoms with Gasteiger partial charge in [-0.05, 0) is 64.5 Å². The standard InChI is InChI=1S/C18H37N3/c1-4-15-9-11-16(12-10-15)17(20-19)18(2,3)21-13-7-5-6-8-14-21/h15-17,20H,4-14,19H2,1-3H3. The molecule has 2 rings (SSSR count). The first-order valence-corrected chi connectivity index (χ1v) is 9.30. The molecule has 1 aliphatic heterocycles. The topological polar surface area (TPSA) is 41.3 Å². The molecule has 1 saturated carbocycles. The number of likely N-dealkylation sites (tertiary alicyclic amines) is 1. The minimum atomic E-state index is 0.169. The quantitative estimate of drug-likeness (QED) is 0.600. The van der Waals surface area contributed by atoms with Crippen LogP contribution in [0.1, 0.15) is 78.6 Å². The fourth-order valence-corrected chi connectivity index (χ4v) is 4.69. The molecule has 3 nitrogen and oxygen atoms in total. The first-order valence-electron chi connectivity index (χ1n) is 9.30. The van der Waals surface area contributed by atoms with E-state index in [-0.39, 0.29) is 5.54 Å². The van der Waals surface area contributed by atoms with Gasteiger partial charge < -0.3 is 0 Å². The molecule has 0 aromatic carbocycles. The van der Waals surface area contributed by atoms with Gasteiger partial charge >= 0.3 is 0 Å². The summed E-state index contributed by atoms with van der Waals surface area (Å²) in [5.41, 5.74) is 3.39. The van der Waals surface area contributed by atoms with Crippen LogP contribution < -0.4 is 11.3 Å². The summed E-state index contributed by atoms with van der Waals surface area (Å²) in [5, 5.41) is 0. The zero-order valence-electron chi connectivity index (χ0n) is 14.5. The molecule has 2 fully saturated rings. The molecule has 1 heterocycles. The van der Waals surface area contributed by atoms with Gasteiger partial charge in [-0.2, -0.15) is 0 Å². The molecule has 1 atom stereocenters. The van der Waals surface area contributed by atoms with Crippen LogP contribution >= 0.6 is 0 Å². The van der Waals surface area contributed by atoms with E-state index in [1.807, 2.05) is 0 Å². The number of nitrogens with two attached hydrogens (primary N) is 1. The molecule has 1 saturated heterocycles. The molecule has 0 bridgehead atoms. The Morgan fingerprint density at radius 2 is 1.62 bits per heavy atom. The van der Waals surface area contributed by atoms with Gasteiger partial charge in [0.05, 0.1) is 0 Å². The van der Waals surface area contributed by atoms with Gasteiger partial charge in [-0.1, -0.05) is 39.0 Å². The Kier molecular flexibility index (Phi) is 6.51. The van der Waals surface area contributed by atoms with Crippen molar-refractivity contribution in [2.75, 3.05) is 13.1 Å². The number of rotatable bonds is 5. The summed E-state index contributed by atoms with van der Waals surface area (Å²) in [6, 6.07) is 0.424. The summed E-state index contributed by atoms with van der Waals surface area (Å²) in [6.45, 7) is 9.65. The van der Waals surface area contributed by atoms with Crippen molar-refractivity contribution in [2.45, 2.75) is 90.1 Å². The Hall–Kier alpha value is -0.120. The average molecular weight is 296 g/mol. The number of hydrazine groups is 1. The minimum absolute atomic E-state index is 0.169. The maximum absolute atomic E-state index is 6.03. The molecule has 0 amide bonds. The Morgan fingerprint density at radius 3 is 2.10 bits per heavy atom. The van der Waals surface area contributed by atoms with Crippen LogP contribution in [0.3, 0.4) is 0 Å². The van der Waals surface area contributed by atoms with Crippen molar-refractivity contribution in [1.29, 1.82) is 0 Å². The maximum Gasteiger partial charge on any atom is 0.0417 e. The molecule has 0 spiro atoms. The van der Waals surface area contributed by atoms with Crippen molar-refractivity contribution in [3.63, 3.8) is 0 Å². The van der Waals surface area contributed by atoms with Crippen molar-refractivity contribution in [3.8, 4) is 0 Å². The van der Waals surface area contributed by atoms with E-state index in [1.165, 1.54) is 70.9 Å². The van der Waals surface area contributed by atoms with Crippen molar-refractivity contribution in [2.24, 2.45) is 17.7 Å². The summed E-state index contributed by atoms with van der Waals surface area (Å²) >= 11 is 0. The lowest BCUT2D eigenvalue weighted by atomic mass is 9.72. The average Bonchev–Trinajstić information content (AvgIpc) is 2.78. The number of nitrogens with one attached hydrogen (secondary N) is 1. The van der Waals surface area contributed by atoms with Crippen LogP contribution in [0, 0.1) is 11.8 Å². The first kappa shape index (κ1) is 17.2. The lowest BCUT2D eigenvalue weighted by molar-refractivity contribution is 0.0439. The largest absolute Gasteiger partial charge is 0.297 e. The monoisotopic (exact) mass is 295 g/mol. The Bertz CT molecular complexity index is 287. The number of hydrogen-bond acceptors (Lipinski definition) is 3. The van der Waals surface area contributed by atoms with E-state index in [4.69, 9.17) is 5.84 Å². The van der Waals surface area contributed by atoms with Gasteiger partial charge in [-0.3, -0.25) is 16.2 Å². The summed E-state index contributed by atoms with van der Waals surface area (Å²) in [4.78, 5) is 2.70. The van der Waals surface area contributed by atoms with E-state index in [2.05, 4.69) is 31.1 Å². The van der Waals surface area contributed by atoms with Gasteiger partial charge in [0, 0.05) is 11.6 Å². The van der Waals surface area contributed by atoms with Gasteiger partial charge in [-0.15, -0.1) is 0 Å². The fourth-order valence-electron chi connectivity index (χ4n) is 4.69. The molecule has 3 N–H and O–H groups in total. The predicted molar refractivity (Wildman–Crippen MR) is 91.0 cm³/mol. The van der Waals surface area contributed by atoms with E-state index >= 15 is 0 Å². The van der Waals surface area contributed by atoms with Crippen LogP contribution in [-0.2, 0) is 0 Å². The van der Waals surface area contributed by atoms with E-state index in [9.17, 15) is 0 Å². The van der Waals surface area contributed by atoms with Crippen LogP contribution in [-0.4, -0.2) is 29.6 Å².